The van der Waals surface area contributed by atoms with Crippen LogP contribution >= 0.6 is 12.2 Å². The molecular formula is C22H21N3O4S. The summed E-state index contributed by atoms with van der Waals surface area (Å²) in [5.74, 6) is 0.325. The Labute approximate surface area is 179 Å². The Bertz CT molecular complexity index is 1070. The van der Waals surface area contributed by atoms with Crippen molar-refractivity contribution in [3.8, 4) is 11.5 Å². The highest BCUT2D eigenvalue weighted by atomic mass is 32.1. The van der Waals surface area contributed by atoms with Gasteiger partial charge in [-0.2, -0.15) is 0 Å². The van der Waals surface area contributed by atoms with Gasteiger partial charge in [0.15, 0.2) is 18.3 Å². The van der Waals surface area contributed by atoms with Crippen LogP contribution in [0.5, 0.6) is 11.5 Å². The topological polar surface area (TPSA) is 88.7 Å². The first kappa shape index (κ1) is 21.1. The van der Waals surface area contributed by atoms with Crippen molar-refractivity contribution in [2.75, 3.05) is 13.2 Å². The number of carbonyl (C=O) groups excluding carboxylic acids is 2. The van der Waals surface area contributed by atoms with Gasteiger partial charge in [-0.05, 0) is 42.2 Å². The molecule has 30 heavy (non-hydrogen) atoms. The molecule has 0 spiro atoms. The molecule has 8 heteroatoms. The van der Waals surface area contributed by atoms with E-state index in [0.717, 1.165) is 16.3 Å². The van der Waals surface area contributed by atoms with Crippen LogP contribution in [-0.4, -0.2) is 30.1 Å². The maximum atomic E-state index is 12.0. The molecule has 0 fully saturated rings. The summed E-state index contributed by atoms with van der Waals surface area (Å²) in [6.07, 6.45) is 0. The summed E-state index contributed by atoms with van der Waals surface area (Å²) in [5, 5.41) is 4.31. The molecule has 0 aliphatic carbocycles. The average molecular weight is 423 g/mol. The number of fused-ring (bicyclic) bond motifs is 1. The highest BCUT2D eigenvalue weighted by molar-refractivity contribution is 7.80. The fourth-order valence-corrected chi connectivity index (χ4v) is 2.85. The first-order valence-electron chi connectivity index (χ1n) is 9.20. The molecule has 0 unspecified atom stereocenters. The molecule has 0 saturated carbocycles. The molecule has 0 heterocycles. The van der Waals surface area contributed by atoms with E-state index < -0.39 is 11.8 Å². The summed E-state index contributed by atoms with van der Waals surface area (Å²) in [6.45, 7) is 1.47. The Hall–Kier alpha value is -3.65. The SMILES string of the molecule is Cc1ccccc1OCC(=O)NC(=S)NNC(=O)COc1cccc2ccccc12. The number of amides is 2. The van der Waals surface area contributed by atoms with Gasteiger partial charge in [0.1, 0.15) is 11.5 Å². The van der Waals surface area contributed by atoms with Gasteiger partial charge in [0.2, 0.25) is 0 Å². The number of thiocarbonyl (C=S) groups is 1. The Morgan fingerprint density at radius 1 is 0.800 bits per heavy atom. The molecule has 0 aliphatic heterocycles. The minimum atomic E-state index is -0.448. The van der Waals surface area contributed by atoms with Gasteiger partial charge < -0.3 is 9.47 Å². The summed E-state index contributed by atoms with van der Waals surface area (Å²) < 4.78 is 11.0. The minimum Gasteiger partial charge on any atom is -0.483 e. The molecular weight excluding hydrogens is 402 g/mol. The van der Waals surface area contributed by atoms with Crippen LogP contribution in [0, 0.1) is 6.92 Å². The summed E-state index contributed by atoms with van der Waals surface area (Å²) in [6, 6.07) is 20.7. The standard InChI is InChI=1S/C22H21N3O4S/c1-15-7-2-5-11-18(15)28-13-20(26)23-22(30)25-24-21(27)14-29-19-12-6-9-16-8-3-4-10-17(16)19/h2-12H,13-14H2,1H3,(H,24,27)(H2,23,25,26,30). The van der Waals surface area contributed by atoms with Gasteiger partial charge in [0.25, 0.3) is 11.8 Å². The number of hydrazine groups is 1. The second-order valence-electron chi connectivity index (χ2n) is 6.37. The number of aryl methyl sites for hydroxylation is 1. The number of hydrogen-bond acceptors (Lipinski definition) is 5. The smallest absolute Gasteiger partial charge is 0.276 e. The molecule has 0 atom stereocenters. The van der Waals surface area contributed by atoms with Gasteiger partial charge in [-0.1, -0.05) is 54.6 Å². The fraction of sp³-hybridized carbons (Fsp3) is 0.136. The lowest BCUT2D eigenvalue weighted by Crippen LogP contribution is -2.50. The fourth-order valence-electron chi connectivity index (χ4n) is 2.68. The molecule has 0 radical (unpaired) electrons. The predicted molar refractivity (Wildman–Crippen MR) is 118 cm³/mol. The van der Waals surface area contributed by atoms with E-state index >= 15 is 0 Å². The molecule has 3 aromatic rings. The van der Waals surface area contributed by atoms with Gasteiger partial charge in [-0.25, -0.2) is 0 Å². The minimum absolute atomic E-state index is 0.0492. The quantitative estimate of drug-likeness (QED) is 0.417. The van der Waals surface area contributed by atoms with Crippen LogP contribution in [0.4, 0.5) is 0 Å². The predicted octanol–water partition coefficient (Wildman–Crippen LogP) is 2.63. The third-order valence-electron chi connectivity index (χ3n) is 4.13. The van der Waals surface area contributed by atoms with E-state index in [0.29, 0.717) is 11.5 Å². The summed E-state index contributed by atoms with van der Waals surface area (Å²) in [5.41, 5.74) is 5.76. The van der Waals surface area contributed by atoms with Gasteiger partial charge in [-0.15, -0.1) is 0 Å². The zero-order valence-corrected chi connectivity index (χ0v) is 17.1. The number of benzene rings is 3. The lowest BCUT2D eigenvalue weighted by Gasteiger charge is -2.13. The van der Waals surface area contributed by atoms with Crippen LogP contribution in [0.3, 0.4) is 0 Å². The van der Waals surface area contributed by atoms with Crippen molar-refractivity contribution in [3.05, 3.63) is 72.3 Å². The molecule has 3 N–H and O–H groups in total. The molecule has 0 aromatic heterocycles. The zero-order valence-electron chi connectivity index (χ0n) is 16.3. The van der Waals surface area contributed by atoms with Crippen molar-refractivity contribution >= 4 is 39.9 Å². The zero-order chi connectivity index (χ0) is 21.3. The molecule has 2 amide bonds. The molecule has 3 rings (SSSR count). The Morgan fingerprint density at radius 2 is 1.43 bits per heavy atom. The van der Waals surface area contributed by atoms with E-state index in [9.17, 15) is 9.59 Å². The number of nitrogens with one attached hydrogen (secondary N) is 3. The van der Waals surface area contributed by atoms with E-state index in [4.69, 9.17) is 21.7 Å². The van der Waals surface area contributed by atoms with E-state index in [2.05, 4.69) is 16.2 Å². The van der Waals surface area contributed by atoms with Gasteiger partial charge in [0, 0.05) is 5.39 Å². The lowest BCUT2D eigenvalue weighted by molar-refractivity contribution is -0.124. The number of para-hydroxylation sites is 1. The highest BCUT2D eigenvalue weighted by Gasteiger charge is 2.09. The maximum absolute atomic E-state index is 12.0. The van der Waals surface area contributed by atoms with Crippen LogP contribution < -0.4 is 25.6 Å². The first-order chi connectivity index (χ1) is 14.5. The largest absolute Gasteiger partial charge is 0.483 e. The molecule has 0 bridgehead atoms. The number of rotatable bonds is 6. The van der Waals surface area contributed by atoms with Crippen LogP contribution in [0.2, 0.25) is 0 Å². The van der Waals surface area contributed by atoms with E-state index in [1.54, 1.807) is 12.1 Å². The highest BCUT2D eigenvalue weighted by Crippen LogP contribution is 2.24. The maximum Gasteiger partial charge on any atom is 0.276 e. The molecule has 154 valence electrons. The van der Waals surface area contributed by atoms with Crippen LogP contribution in [0.25, 0.3) is 10.8 Å². The second kappa shape index (κ2) is 10.2. The molecule has 7 nitrogen and oxygen atoms in total. The van der Waals surface area contributed by atoms with Gasteiger partial charge in [0.05, 0.1) is 0 Å². The summed E-state index contributed by atoms with van der Waals surface area (Å²) >= 11 is 4.99. The molecule has 3 aromatic carbocycles. The van der Waals surface area contributed by atoms with E-state index in [1.165, 1.54) is 0 Å². The average Bonchev–Trinajstić information content (AvgIpc) is 2.75. The lowest BCUT2D eigenvalue weighted by atomic mass is 10.1. The van der Waals surface area contributed by atoms with E-state index in [-0.39, 0.29) is 18.3 Å². The van der Waals surface area contributed by atoms with Gasteiger partial charge >= 0.3 is 0 Å². The van der Waals surface area contributed by atoms with E-state index in [1.807, 2.05) is 61.5 Å². The van der Waals surface area contributed by atoms with Crippen molar-refractivity contribution < 1.29 is 19.1 Å². The van der Waals surface area contributed by atoms with Crippen molar-refractivity contribution in [3.63, 3.8) is 0 Å². The van der Waals surface area contributed by atoms with Crippen LogP contribution in [-0.2, 0) is 9.59 Å². The number of hydrogen-bond donors (Lipinski definition) is 3. The number of ether oxygens (including phenoxy) is 2. The Kier molecular flexibility index (Phi) is 7.18. The van der Waals surface area contributed by atoms with Crippen molar-refractivity contribution in [2.45, 2.75) is 6.92 Å². The Balaban J connectivity index is 1.39. The monoisotopic (exact) mass is 423 g/mol. The van der Waals surface area contributed by atoms with Crippen LogP contribution in [0.1, 0.15) is 5.56 Å². The van der Waals surface area contributed by atoms with Crippen molar-refractivity contribution in [1.82, 2.24) is 16.2 Å². The first-order valence-corrected chi connectivity index (χ1v) is 9.61. The van der Waals surface area contributed by atoms with Gasteiger partial charge in [-0.3, -0.25) is 25.8 Å². The summed E-state index contributed by atoms with van der Waals surface area (Å²) in [7, 11) is 0. The number of carbonyl (C=O) groups is 2. The summed E-state index contributed by atoms with van der Waals surface area (Å²) in [4.78, 5) is 23.9. The van der Waals surface area contributed by atoms with Crippen LogP contribution in [0.15, 0.2) is 66.7 Å². The third-order valence-corrected chi connectivity index (χ3v) is 4.33. The second-order valence-corrected chi connectivity index (χ2v) is 6.78. The molecule has 0 aliphatic rings. The van der Waals surface area contributed by atoms with Crippen molar-refractivity contribution in [2.24, 2.45) is 0 Å². The molecule has 0 saturated heterocycles. The third kappa shape index (κ3) is 5.92. The Morgan fingerprint density at radius 3 is 2.27 bits per heavy atom. The normalized spacial score (nSPS) is 10.2. The van der Waals surface area contributed by atoms with Crippen molar-refractivity contribution in [1.29, 1.82) is 0 Å².